The van der Waals surface area contributed by atoms with Crippen LogP contribution >= 0.6 is 11.8 Å². The number of carboxylic acid groups (broad SMARTS) is 1. The van der Waals surface area contributed by atoms with E-state index in [9.17, 15) is 19.5 Å². The number of carbonyl (C=O) groups is 3. The molecular formula is C12H20N3O5S-. The molecule has 1 heterocycles. The van der Waals surface area contributed by atoms with E-state index in [1.807, 2.05) is 6.92 Å². The molecule has 0 saturated carbocycles. The first-order valence-corrected chi connectivity index (χ1v) is 7.32. The Morgan fingerprint density at radius 1 is 1.57 bits per heavy atom. The van der Waals surface area contributed by atoms with Gasteiger partial charge in [-0.25, -0.2) is 4.99 Å². The lowest BCUT2D eigenvalue weighted by atomic mass is 10.2. The first-order chi connectivity index (χ1) is 9.77. The molecule has 0 saturated heterocycles. The molecule has 0 bridgehead atoms. The van der Waals surface area contributed by atoms with E-state index in [2.05, 4.69) is 4.99 Å². The van der Waals surface area contributed by atoms with Gasteiger partial charge in [0.15, 0.2) is 6.23 Å². The normalized spacial score (nSPS) is 16.1. The molecule has 1 amide bonds. The Balaban J connectivity index is 0.000000547. The molecule has 0 spiro atoms. The summed E-state index contributed by atoms with van der Waals surface area (Å²) in [7, 11) is 3.51. The van der Waals surface area contributed by atoms with E-state index in [1.54, 1.807) is 24.5 Å². The van der Waals surface area contributed by atoms with Gasteiger partial charge in [0, 0.05) is 12.4 Å². The minimum atomic E-state index is -1.36. The zero-order chi connectivity index (χ0) is 16.4. The molecule has 2 atom stereocenters. The minimum Gasteiger partial charge on any atom is -0.550 e. The molecule has 1 aliphatic heterocycles. The molecule has 2 unspecified atom stereocenters. The number of hydrogen-bond donors (Lipinski definition) is 1. The summed E-state index contributed by atoms with van der Waals surface area (Å²) in [6.07, 6.45) is -0.301. The van der Waals surface area contributed by atoms with Crippen molar-refractivity contribution >= 4 is 35.2 Å². The molecule has 120 valence electrons. The molecule has 2 N–H and O–H groups in total. The molecule has 1 rings (SSSR count). The van der Waals surface area contributed by atoms with Crippen LogP contribution in [0, 0.1) is 0 Å². The van der Waals surface area contributed by atoms with Crippen LogP contribution in [0.4, 0.5) is 0 Å². The second-order valence-electron chi connectivity index (χ2n) is 4.39. The van der Waals surface area contributed by atoms with Gasteiger partial charge in [-0.1, -0.05) is 6.92 Å². The van der Waals surface area contributed by atoms with Gasteiger partial charge in [-0.3, -0.25) is 14.5 Å². The topological polar surface area (TPSA) is 125 Å². The van der Waals surface area contributed by atoms with E-state index in [4.69, 9.17) is 10.5 Å². The SMILES string of the molecule is CCC(OC(=O)C(N)CC(=O)[O-])N(C)C.O=C1CSC=N1. The van der Waals surface area contributed by atoms with Crippen molar-refractivity contribution in [1.82, 2.24) is 4.90 Å². The Bertz CT molecular complexity index is 400. The Labute approximate surface area is 127 Å². The molecule has 0 aromatic heterocycles. The van der Waals surface area contributed by atoms with Crippen molar-refractivity contribution in [3.8, 4) is 0 Å². The van der Waals surface area contributed by atoms with Crippen molar-refractivity contribution in [3.05, 3.63) is 0 Å². The Morgan fingerprint density at radius 3 is 2.48 bits per heavy atom. The number of thioether (sulfide) groups is 1. The highest BCUT2D eigenvalue weighted by Crippen LogP contribution is 2.04. The predicted octanol–water partition coefficient (Wildman–Crippen LogP) is -1.42. The molecule has 0 radical (unpaired) electrons. The fourth-order valence-corrected chi connectivity index (χ4v) is 1.76. The molecular weight excluding hydrogens is 298 g/mol. The van der Waals surface area contributed by atoms with Crippen molar-refractivity contribution < 1.29 is 24.2 Å². The summed E-state index contributed by atoms with van der Waals surface area (Å²) in [5.74, 6) is -1.56. The molecule has 0 aromatic carbocycles. The lowest BCUT2D eigenvalue weighted by Gasteiger charge is -2.24. The van der Waals surface area contributed by atoms with Crippen LogP contribution in [0.3, 0.4) is 0 Å². The van der Waals surface area contributed by atoms with Gasteiger partial charge in [-0.15, -0.1) is 11.8 Å². The number of rotatable bonds is 6. The average molecular weight is 318 g/mol. The van der Waals surface area contributed by atoms with Crippen molar-refractivity contribution in [1.29, 1.82) is 0 Å². The van der Waals surface area contributed by atoms with Crippen LogP contribution in [0.1, 0.15) is 19.8 Å². The van der Waals surface area contributed by atoms with Gasteiger partial charge in [0.1, 0.15) is 6.04 Å². The fourth-order valence-electron chi connectivity index (χ4n) is 1.28. The number of esters is 1. The van der Waals surface area contributed by atoms with Gasteiger partial charge in [0.05, 0.1) is 11.3 Å². The molecule has 8 nitrogen and oxygen atoms in total. The van der Waals surface area contributed by atoms with E-state index in [0.29, 0.717) is 12.2 Å². The van der Waals surface area contributed by atoms with Gasteiger partial charge in [0.25, 0.3) is 5.91 Å². The third kappa shape index (κ3) is 9.16. The van der Waals surface area contributed by atoms with Crippen molar-refractivity contribution in [2.45, 2.75) is 32.0 Å². The first-order valence-electron chi connectivity index (χ1n) is 6.27. The summed E-state index contributed by atoms with van der Waals surface area (Å²) in [5.41, 5.74) is 6.88. The lowest BCUT2D eigenvalue weighted by Crippen LogP contribution is -2.42. The number of nitrogens with two attached hydrogens (primary N) is 1. The number of aliphatic carboxylic acids is 1. The van der Waals surface area contributed by atoms with Crippen LogP contribution in [0.15, 0.2) is 4.99 Å². The lowest BCUT2D eigenvalue weighted by molar-refractivity contribution is -0.306. The quantitative estimate of drug-likeness (QED) is 0.467. The van der Waals surface area contributed by atoms with E-state index < -0.39 is 24.4 Å². The van der Waals surface area contributed by atoms with E-state index in [0.717, 1.165) is 0 Å². The number of carbonyl (C=O) groups excluding carboxylic acids is 3. The number of nitrogens with zero attached hydrogens (tertiary/aromatic N) is 2. The van der Waals surface area contributed by atoms with Crippen molar-refractivity contribution in [2.75, 3.05) is 19.8 Å². The second kappa shape index (κ2) is 10.3. The van der Waals surface area contributed by atoms with Crippen LogP contribution in [-0.2, 0) is 19.1 Å². The Morgan fingerprint density at radius 2 is 2.19 bits per heavy atom. The largest absolute Gasteiger partial charge is 0.550 e. The molecule has 0 aliphatic carbocycles. The van der Waals surface area contributed by atoms with E-state index in [-0.39, 0.29) is 12.1 Å². The average Bonchev–Trinajstić information content (AvgIpc) is 2.86. The van der Waals surface area contributed by atoms with Gasteiger partial charge in [-0.05, 0) is 20.5 Å². The van der Waals surface area contributed by atoms with Crippen molar-refractivity contribution in [2.24, 2.45) is 10.7 Å². The van der Waals surface area contributed by atoms with Crippen LogP contribution in [0.25, 0.3) is 0 Å². The third-order valence-corrected chi connectivity index (χ3v) is 3.01. The molecule has 21 heavy (non-hydrogen) atoms. The maximum absolute atomic E-state index is 11.3. The first kappa shape index (κ1) is 19.6. The molecule has 9 heteroatoms. The maximum atomic E-state index is 11.3. The highest BCUT2D eigenvalue weighted by Gasteiger charge is 2.20. The summed E-state index contributed by atoms with van der Waals surface area (Å²) in [6, 6.07) is -1.16. The second-order valence-corrected chi connectivity index (χ2v) is 5.22. The van der Waals surface area contributed by atoms with Crippen LogP contribution in [-0.4, -0.2) is 60.4 Å². The van der Waals surface area contributed by atoms with Crippen LogP contribution < -0.4 is 10.8 Å². The number of amides is 1. The zero-order valence-electron chi connectivity index (χ0n) is 12.3. The van der Waals surface area contributed by atoms with Crippen LogP contribution in [0.5, 0.6) is 0 Å². The van der Waals surface area contributed by atoms with Gasteiger partial charge in [-0.2, -0.15) is 0 Å². The monoisotopic (exact) mass is 318 g/mol. The summed E-state index contributed by atoms with van der Waals surface area (Å²) in [6.45, 7) is 1.85. The maximum Gasteiger partial charge on any atom is 0.324 e. The van der Waals surface area contributed by atoms with E-state index >= 15 is 0 Å². The Hall–Kier alpha value is -1.45. The molecule has 0 fully saturated rings. The van der Waals surface area contributed by atoms with Gasteiger partial charge in [0.2, 0.25) is 0 Å². The summed E-state index contributed by atoms with van der Waals surface area (Å²) in [4.78, 5) is 36.7. The summed E-state index contributed by atoms with van der Waals surface area (Å²) >= 11 is 1.44. The predicted molar refractivity (Wildman–Crippen MR) is 77.4 cm³/mol. The molecule has 1 aliphatic rings. The number of ether oxygens (including phenoxy) is 1. The number of carboxylic acids is 1. The highest BCUT2D eigenvalue weighted by molar-refractivity contribution is 8.13. The standard InChI is InChI=1S/C9H18N2O4.C3H3NOS/c1-4-7(11(2)3)15-9(14)6(10)5-8(12)13;5-3-1-6-2-4-3/h6-7H,4-5,10H2,1-3H3,(H,12,13);2H,1H2/p-1. The number of aliphatic imine (C=N–C) groups is 1. The minimum absolute atomic E-state index is 0.0139. The van der Waals surface area contributed by atoms with Gasteiger partial charge < -0.3 is 20.4 Å². The van der Waals surface area contributed by atoms with Crippen molar-refractivity contribution in [3.63, 3.8) is 0 Å². The third-order valence-electron chi connectivity index (χ3n) is 2.34. The van der Waals surface area contributed by atoms with Gasteiger partial charge >= 0.3 is 5.97 Å². The fraction of sp³-hybridized carbons (Fsp3) is 0.667. The van der Waals surface area contributed by atoms with Crippen LogP contribution in [0.2, 0.25) is 0 Å². The summed E-state index contributed by atoms with van der Waals surface area (Å²) < 4.78 is 4.99. The Kier molecular flexibility index (Phi) is 9.59. The molecule has 0 aromatic rings. The smallest absolute Gasteiger partial charge is 0.324 e. The van der Waals surface area contributed by atoms with E-state index in [1.165, 1.54) is 11.8 Å². The summed E-state index contributed by atoms with van der Waals surface area (Å²) in [5, 5.41) is 10.2. The zero-order valence-corrected chi connectivity index (χ0v) is 13.1. The number of hydrogen-bond acceptors (Lipinski definition) is 8. The highest BCUT2D eigenvalue weighted by atomic mass is 32.2.